The van der Waals surface area contributed by atoms with Gasteiger partial charge in [0.1, 0.15) is 0 Å². The fraction of sp³-hybridized carbons (Fsp3) is 0.364. The smallest absolute Gasteiger partial charge is 0.257 e. The number of benzene rings is 1. The van der Waals surface area contributed by atoms with Gasteiger partial charge in [0.15, 0.2) is 11.5 Å². The van der Waals surface area contributed by atoms with Crippen LogP contribution >= 0.6 is 11.6 Å². The molecule has 0 aliphatic heterocycles. The molecule has 0 fully saturated rings. The van der Waals surface area contributed by atoms with Crippen LogP contribution in [0.2, 0.25) is 0 Å². The summed E-state index contributed by atoms with van der Waals surface area (Å²) < 4.78 is 0. The number of hydrogen-bond donors (Lipinski definition) is 2. The first-order chi connectivity index (χ1) is 7.43. The van der Waals surface area contributed by atoms with Gasteiger partial charge in [0.25, 0.3) is 5.91 Å². The van der Waals surface area contributed by atoms with Crippen molar-refractivity contribution >= 4 is 17.5 Å². The van der Waals surface area contributed by atoms with Gasteiger partial charge in [-0.3, -0.25) is 4.79 Å². The van der Waals surface area contributed by atoms with Gasteiger partial charge in [0.2, 0.25) is 0 Å². The van der Waals surface area contributed by atoms with Crippen molar-refractivity contribution in [2.75, 3.05) is 13.6 Å². The number of alkyl halides is 1. The molecule has 0 saturated carbocycles. The van der Waals surface area contributed by atoms with E-state index < -0.39 is 5.75 Å². The van der Waals surface area contributed by atoms with Crippen molar-refractivity contribution in [1.82, 2.24) is 4.90 Å². The molecule has 1 unspecified atom stereocenters. The van der Waals surface area contributed by atoms with E-state index in [0.29, 0.717) is 6.54 Å². The van der Waals surface area contributed by atoms with E-state index in [1.807, 2.05) is 0 Å². The molecule has 16 heavy (non-hydrogen) atoms. The van der Waals surface area contributed by atoms with Crippen molar-refractivity contribution in [1.29, 1.82) is 0 Å². The Hall–Kier alpha value is -1.42. The number of para-hydroxylation sites is 1. The Kier molecular flexibility index (Phi) is 4.01. The maximum Gasteiger partial charge on any atom is 0.257 e. The molecule has 4 nitrogen and oxygen atoms in total. The number of halogens is 1. The van der Waals surface area contributed by atoms with Crippen LogP contribution in [-0.2, 0) is 0 Å². The minimum Gasteiger partial charge on any atom is -0.504 e. The Morgan fingerprint density at radius 2 is 2.12 bits per heavy atom. The molecule has 2 N–H and O–H groups in total. The van der Waals surface area contributed by atoms with E-state index in [9.17, 15) is 15.0 Å². The van der Waals surface area contributed by atoms with Gasteiger partial charge in [-0.05, 0) is 19.1 Å². The van der Waals surface area contributed by atoms with E-state index in [0.717, 1.165) is 0 Å². The average molecular weight is 244 g/mol. The highest BCUT2D eigenvalue weighted by Crippen LogP contribution is 2.28. The Bertz CT molecular complexity index is 393. The van der Waals surface area contributed by atoms with Crippen molar-refractivity contribution in [3.63, 3.8) is 0 Å². The normalized spacial score (nSPS) is 12.2. The van der Waals surface area contributed by atoms with Crippen LogP contribution in [-0.4, -0.2) is 40.0 Å². The van der Waals surface area contributed by atoms with E-state index in [4.69, 9.17) is 11.6 Å². The quantitative estimate of drug-likeness (QED) is 0.629. The van der Waals surface area contributed by atoms with E-state index in [2.05, 4.69) is 0 Å². The molecular weight excluding hydrogens is 230 g/mol. The first kappa shape index (κ1) is 12.6. The lowest BCUT2D eigenvalue weighted by Gasteiger charge is -2.19. The van der Waals surface area contributed by atoms with E-state index in [-0.39, 0.29) is 22.6 Å². The number of hydrogen-bond acceptors (Lipinski definition) is 3. The maximum atomic E-state index is 11.8. The molecule has 1 aromatic carbocycles. The predicted molar refractivity (Wildman–Crippen MR) is 62.0 cm³/mol. The van der Waals surface area contributed by atoms with Crippen molar-refractivity contribution < 1.29 is 15.0 Å². The molecule has 0 heterocycles. The van der Waals surface area contributed by atoms with Crippen LogP contribution in [0, 0.1) is 0 Å². The fourth-order valence-corrected chi connectivity index (χ4v) is 1.58. The second kappa shape index (κ2) is 5.07. The molecule has 1 amide bonds. The molecule has 0 bridgehead atoms. The van der Waals surface area contributed by atoms with Gasteiger partial charge in [0, 0.05) is 19.0 Å². The molecule has 1 atom stereocenters. The SMILES string of the molecule is CC(Cl)CN(C)C(=O)c1cccc(O)c1O. The van der Waals surface area contributed by atoms with Gasteiger partial charge in [-0.15, -0.1) is 11.6 Å². The Morgan fingerprint density at radius 3 is 2.69 bits per heavy atom. The lowest BCUT2D eigenvalue weighted by atomic mass is 10.1. The zero-order valence-corrected chi connectivity index (χ0v) is 9.90. The van der Waals surface area contributed by atoms with Gasteiger partial charge in [0.05, 0.1) is 5.56 Å². The standard InChI is InChI=1S/C11H14ClNO3/c1-7(12)6-13(2)11(16)8-4-3-5-9(14)10(8)15/h3-5,7,14-15H,6H2,1-2H3. The summed E-state index contributed by atoms with van der Waals surface area (Å²) in [7, 11) is 1.59. The topological polar surface area (TPSA) is 60.8 Å². The van der Waals surface area contributed by atoms with Crippen LogP contribution < -0.4 is 0 Å². The molecule has 1 rings (SSSR count). The van der Waals surface area contributed by atoms with Crippen molar-refractivity contribution in [3.8, 4) is 11.5 Å². The van der Waals surface area contributed by atoms with Crippen molar-refractivity contribution in [3.05, 3.63) is 23.8 Å². The predicted octanol–water partition coefficient (Wildman–Crippen LogP) is 1.80. The Balaban J connectivity index is 2.92. The largest absolute Gasteiger partial charge is 0.504 e. The molecule has 88 valence electrons. The molecule has 1 aromatic rings. The van der Waals surface area contributed by atoms with Gasteiger partial charge < -0.3 is 15.1 Å². The number of nitrogens with zero attached hydrogens (tertiary/aromatic N) is 1. The zero-order valence-electron chi connectivity index (χ0n) is 9.14. The van der Waals surface area contributed by atoms with Gasteiger partial charge >= 0.3 is 0 Å². The highest BCUT2D eigenvalue weighted by Gasteiger charge is 2.18. The number of aromatic hydroxyl groups is 2. The van der Waals surface area contributed by atoms with Gasteiger partial charge in [-0.25, -0.2) is 0 Å². The van der Waals surface area contributed by atoms with Crippen LogP contribution in [0.4, 0.5) is 0 Å². The Morgan fingerprint density at radius 1 is 1.50 bits per heavy atom. The molecule has 0 spiro atoms. The van der Waals surface area contributed by atoms with Crippen LogP contribution in [0.5, 0.6) is 11.5 Å². The molecular formula is C11H14ClNO3. The summed E-state index contributed by atoms with van der Waals surface area (Å²) >= 11 is 5.77. The summed E-state index contributed by atoms with van der Waals surface area (Å²) in [5.41, 5.74) is 0.0693. The number of carbonyl (C=O) groups excluding carboxylic acids is 1. The van der Waals surface area contributed by atoms with Crippen molar-refractivity contribution in [2.45, 2.75) is 12.3 Å². The lowest BCUT2D eigenvalue weighted by Crippen LogP contribution is -2.31. The van der Waals surface area contributed by atoms with Crippen LogP contribution in [0.15, 0.2) is 18.2 Å². The van der Waals surface area contributed by atoms with E-state index >= 15 is 0 Å². The van der Waals surface area contributed by atoms with E-state index in [1.54, 1.807) is 14.0 Å². The summed E-state index contributed by atoms with van der Waals surface area (Å²) in [5, 5.41) is 18.6. The Labute approximate surface area is 99.1 Å². The average Bonchev–Trinajstić information content (AvgIpc) is 2.20. The first-order valence-electron chi connectivity index (χ1n) is 4.84. The number of amides is 1. The van der Waals surface area contributed by atoms with E-state index in [1.165, 1.54) is 23.1 Å². The zero-order chi connectivity index (χ0) is 12.3. The monoisotopic (exact) mass is 243 g/mol. The third-order valence-corrected chi connectivity index (χ3v) is 2.26. The summed E-state index contributed by atoms with van der Waals surface area (Å²) in [5.74, 6) is -1.08. The summed E-state index contributed by atoms with van der Waals surface area (Å²) in [4.78, 5) is 13.2. The lowest BCUT2D eigenvalue weighted by molar-refractivity contribution is 0.0792. The number of phenolic OH excluding ortho intramolecular Hbond substituents is 2. The minimum atomic E-state index is -0.401. The summed E-state index contributed by atoms with van der Waals surface area (Å²) in [6.45, 7) is 2.14. The third kappa shape index (κ3) is 2.79. The molecule has 0 aromatic heterocycles. The van der Waals surface area contributed by atoms with Crippen LogP contribution in [0.3, 0.4) is 0 Å². The number of rotatable bonds is 3. The summed E-state index contributed by atoms with van der Waals surface area (Å²) in [6.07, 6.45) is 0. The second-order valence-electron chi connectivity index (χ2n) is 3.64. The highest BCUT2D eigenvalue weighted by molar-refractivity contribution is 6.20. The second-order valence-corrected chi connectivity index (χ2v) is 4.38. The molecule has 0 aliphatic carbocycles. The highest BCUT2D eigenvalue weighted by atomic mass is 35.5. The molecule has 0 saturated heterocycles. The van der Waals surface area contributed by atoms with Gasteiger partial charge in [-0.2, -0.15) is 0 Å². The minimum absolute atomic E-state index is 0.0693. The number of phenols is 2. The maximum absolute atomic E-state index is 11.8. The molecule has 0 aliphatic rings. The van der Waals surface area contributed by atoms with Crippen molar-refractivity contribution in [2.24, 2.45) is 0 Å². The number of carbonyl (C=O) groups is 1. The molecule has 5 heteroatoms. The summed E-state index contributed by atoms with van der Waals surface area (Å²) in [6, 6.07) is 4.27. The fourth-order valence-electron chi connectivity index (χ4n) is 1.37. The van der Waals surface area contributed by atoms with Crippen LogP contribution in [0.1, 0.15) is 17.3 Å². The third-order valence-electron chi connectivity index (χ3n) is 2.12. The van der Waals surface area contributed by atoms with Gasteiger partial charge in [-0.1, -0.05) is 6.07 Å². The first-order valence-corrected chi connectivity index (χ1v) is 5.27. The molecule has 0 radical (unpaired) electrons. The van der Waals surface area contributed by atoms with Crippen LogP contribution in [0.25, 0.3) is 0 Å².